The molecule has 17 heavy (non-hydrogen) atoms. The molecule has 1 N–H and O–H groups in total. The van der Waals surface area contributed by atoms with Gasteiger partial charge in [-0.15, -0.1) is 10.2 Å². The molecule has 0 saturated carbocycles. The highest BCUT2D eigenvalue weighted by Crippen LogP contribution is 2.09. The van der Waals surface area contributed by atoms with Gasteiger partial charge in [0.25, 0.3) is 5.91 Å². The summed E-state index contributed by atoms with van der Waals surface area (Å²) < 4.78 is 0. The van der Waals surface area contributed by atoms with Crippen molar-refractivity contribution in [2.75, 3.05) is 38.7 Å². The molecule has 6 heteroatoms. The number of likely N-dealkylation sites (N-methyl/N-ethyl adjacent to an activating group) is 1. The zero-order valence-electron chi connectivity index (χ0n) is 10.4. The molecule has 1 rings (SSSR count). The average Bonchev–Trinajstić information content (AvgIpc) is 2.35. The van der Waals surface area contributed by atoms with Crippen LogP contribution >= 0.6 is 0 Å². The van der Waals surface area contributed by atoms with E-state index in [9.17, 15) is 4.79 Å². The smallest absolute Gasteiger partial charge is 0.273 e. The predicted octanol–water partition coefficient (Wildman–Crippen LogP) is -0.00300. The molecule has 0 aliphatic rings. The first-order valence-corrected chi connectivity index (χ1v) is 5.51. The van der Waals surface area contributed by atoms with Crippen molar-refractivity contribution in [2.24, 2.45) is 0 Å². The van der Waals surface area contributed by atoms with Crippen molar-refractivity contribution in [3.8, 4) is 0 Å². The summed E-state index contributed by atoms with van der Waals surface area (Å²) >= 11 is 0. The standard InChI is InChI=1S/C11H18N4O2/c1-4-15(7-8-16)10-6-5-9(12-13-10)11(17)14(2)3/h5-6,16H,4,7-8H2,1-3H3. The quantitative estimate of drug-likeness (QED) is 0.781. The van der Waals surface area contributed by atoms with Gasteiger partial charge in [0, 0.05) is 27.2 Å². The van der Waals surface area contributed by atoms with Gasteiger partial charge in [-0.25, -0.2) is 0 Å². The van der Waals surface area contributed by atoms with Crippen LogP contribution in [-0.2, 0) is 0 Å². The van der Waals surface area contributed by atoms with Crippen LogP contribution in [0.1, 0.15) is 17.4 Å². The molecule has 94 valence electrons. The number of rotatable bonds is 5. The van der Waals surface area contributed by atoms with Crippen molar-refractivity contribution in [3.05, 3.63) is 17.8 Å². The minimum atomic E-state index is -0.172. The summed E-state index contributed by atoms with van der Waals surface area (Å²) in [6.45, 7) is 3.27. The maximum atomic E-state index is 11.6. The number of aliphatic hydroxyl groups excluding tert-OH is 1. The van der Waals surface area contributed by atoms with E-state index in [0.717, 1.165) is 6.54 Å². The van der Waals surface area contributed by atoms with E-state index in [2.05, 4.69) is 10.2 Å². The Morgan fingerprint density at radius 3 is 2.47 bits per heavy atom. The number of carbonyl (C=O) groups excluding carboxylic acids is 1. The third-order valence-electron chi connectivity index (χ3n) is 2.35. The second-order valence-corrected chi connectivity index (χ2v) is 3.78. The van der Waals surface area contributed by atoms with Crippen molar-refractivity contribution >= 4 is 11.7 Å². The Kier molecular flexibility index (Phi) is 4.84. The Balaban J connectivity index is 2.83. The number of carbonyl (C=O) groups is 1. The monoisotopic (exact) mass is 238 g/mol. The first kappa shape index (κ1) is 13.4. The van der Waals surface area contributed by atoms with Crippen LogP contribution in [0.4, 0.5) is 5.82 Å². The van der Waals surface area contributed by atoms with Gasteiger partial charge in [-0.05, 0) is 19.1 Å². The molecule has 1 amide bonds. The zero-order chi connectivity index (χ0) is 12.8. The number of hydrogen-bond donors (Lipinski definition) is 1. The molecule has 6 nitrogen and oxygen atoms in total. The molecular formula is C11H18N4O2. The van der Waals surface area contributed by atoms with E-state index in [1.54, 1.807) is 26.2 Å². The molecule has 1 aromatic heterocycles. The average molecular weight is 238 g/mol. The summed E-state index contributed by atoms with van der Waals surface area (Å²) in [5.41, 5.74) is 0.318. The second-order valence-electron chi connectivity index (χ2n) is 3.78. The molecule has 0 radical (unpaired) electrons. The van der Waals surface area contributed by atoms with Crippen LogP contribution in [0.3, 0.4) is 0 Å². The fourth-order valence-electron chi connectivity index (χ4n) is 1.39. The van der Waals surface area contributed by atoms with E-state index in [4.69, 9.17) is 5.11 Å². The maximum Gasteiger partial charge on any atom is 0.273 e. The van der Waals surface area contributed by atoms with Gasteiger partial charge < -0.3 is 14.9 Å². The lowest BCUT2D eigenvalue weighted by molar-refractivity contribution is 0.0821. The fraction of sp³-hybridized carbons (Fsp3) is 0.545. The SMILES string of the molecule is CCN(CCO)c1ccc(C(=O)N(C)C)nn1. The van der Waals surface area contributed by atoms with Gasteiger partial charge in [0.2, 0.25) is 0 Å². The second kappa shape index (κ2) is 6.15. The van der Waals surface area contributed by atoms with E-state index in [1.165, 1.54) is 4.90 Å². The highest BCUT2D eigenvalue weighted by Gasteiger charge is 2.11. The molecule has 1 heterocycles. The maximum absolute atomic E-state index is 11.6. The Morgan fingerprint density at radius 1 is 1.35 bits per heavy atom. The Morgan fingerprint density at radius 2 is 2.06 bits per heavy atom. The lowest BCUT2D eigenvalue weighted by Gasteiger charge is -2.20. The molecule has 0 aliphatic heterocycles. The lowest BCUT2D eigenvalue weighted by atomic mass is 10.3. The first-order valence-electron chi connectivity index (χ1n) is 5.51. The van der Waals surface area contributed by atoms with Crippen LogP contribution in [0.2, 0.25) is 0 Å². The van der Waals surface area contributed by atoms with Crippen LogP contribution in [0, 0.1) is 0 Å². The number of aliphatic hydroxyl groups is 1. The van der Waals surface area contributed by atoms with Crippen LogP contribution in [0.15, 0.2) is 12.1 Å². The van der Waals surface area contributed by atoms with Gasteiger partial charge in [-0.1, -0.05) is 0 Å². The number of aromatic nitrogens is 2. The summed E-state index contributed by atoms with van der Waals surface area (Å²) in [4.78, 5) is 14.9. The first-order chi connectivity index (χ1) is 8.10. The molecule has 0 atom stereocenters. The van der Waals surface area contributed by atoms with Crippen LogP contribution in [-0.4, -0.2) is 59.9 Å². The topological polar surface area (TPSA) is 69.6 Å². The fourth-order valence-corrected chi connectivity index (χ4v) is 1.39. The molecule has 0 spiro atoms. The number of hydrogen-bond acceptors (Lipinski definition) is 5. The van der Waals surface area contributed by atoms with Crippen LogP contribution in [0.25, 0.3) is 0 Å². The molecule has 1 aromatic rings. The van der Waals surface area contributed by atoms with E-state index < -0.39 is 0 Å². The summed E-state index contributed by atoms with van der Waals surface area (Å²) in [5.74, 6) is 0.492. The third kappa shape index (κ3) is 3.39. The molecule has 0 fully saturated rings. The molecule has 0 aromatic carbocycles. The third-order valence-corrected chi connectivity index (χ3v) is 2.35. The van der Waals surface area contributed by atoms with Gasteiger partial charge >= 0.3 is 0 Å². The number of nitrogens with zero attached hydrogens (tertiary/aromatic N) is 4. The van der Waals surface area contributed by atoms with Gasteiger partial charge in [0.1, 0.15) is 0 Å². The normalized spacial score (nSPS) is 10.1. The minimum Gasteiger partial charge on any atom is -0.395 e. The summed E-state index contributed by atoms with van der Waals surface area (Å²) in [6, 6.07) is 3.38. The summed E-state index contributed by atoms with van der Waals surface area (Å²) in [6.07, 6.45) is 0. The van der Waals surface area contributed by atoms with Gasteiger partial charge in [0.05, 0.1) is 6.61 Å². The van der Waals surface area contributed by atoms with E-state index in [0.29, 0.717) is 18.1 Å². The largest absolute Gasteiger partial charge is 0.395 e. The highest BCUT2D eigenvalue weighted by molar-refractivity contribution is 5.91. The van der Waals surface area contributed by atoms with E-state index in [-0.39, 0.29) is 12.5 Å². The van der Waals surface area contributed by atoms with E-state index in [1.807, 2.05) is 11.8 Å². The molecule has 0 unspecified atom stereocenters. The number of anilines is 1. The van der Waals surface area contributed by atoms with Crippen molar-refractivity contribution in [1.29, 1.82) is 0 Å². The van der Waals surface area contributed by atoms with E-state index >= 15 is 0 Å². The van der Waals surface area contributed by atoms with Gasteiger partial charge in [-0.2, -0.15) is 0 Å². The molecule has 0 bridgehead atoms. The molecule has 0 saturated heterocycles. The number of amides is 1. The summed E-state index contributed by atoms with van der Waals surface area (Å²) in [7, 11) is 3.34. The molecule has 0 aliphatic carbocycles. The lowest BCUT2D eigenvalue weighted by Crippen LogP contribution is -2.28. The van der Waals surface area contributed by atoms with Crippen molar-refractivity contribution in [3.63, 3.8) is 0 Å². The van der Waals surface area contributed by atoms with Crippen LogP contribution < -0.4 is 4.90 Å². The Hall–Kier alpha value is -1.69. The van der Waals surface area contributed by atoms with Gasteiger partial charge in [0.15, 0.2) is 11.5 Å². The Labute approximate surface area is 101 Å². The Bertz CT molecular complexity index is 364. The van der Waals surface area contributed by atoms with Crippen molar-refractivity contribution in [2.45, 2.75) is 6.92 Å². The zero-order valence-corrected chi connectivity index (χ0v) is 10.4. The predicted molar refractivity (Wildman–Crippen MR) is 65.0 cm³/mol. The summed E-state index contributed by atoms with van der Waals surface area (Å²) in [5, 5.41) is 16.8. The highest BCUT2D eigenvalue weighted by atomic mass is 16.3. The van der Waals surface area contributed by atoms with Crippen molar-refractivity contribution in [1.82, 2.24) is 15.1 Å². The van der Waals surface area contributed by atoms with Crippen LogP contribution in [0.5, 0.6) is 0 Å². The minimum absolute atomic E-state index is 0.0634. The van der Waals surface area contributed by atoms with Gasteiger partial charge in [-0.3, -0.25) is 4.79 Å². The van der Waals surface area contributed by atoms with Crippen molar-refractivity contribution < 1.29 is 9.90 Å². The molecular weight excluding hydrogens is 220 g/mol.